The molecule has 0 radical (unpaired) electrons. The number of amides is 2. The van der Waals surface area contributed by atoms with E-state index in [0.29, 0.717) is 24.1 Å². The molecule has 1 saturated carbocycles. The van der Waals surface area contributed by atoms with Gasteiger partial charge in [0.2, 0.25) is 5.89 Å². The number of hydrogen-bond donors (Lipinski definition) is 1. The fourth-order valence-corrected chi connectivity index (χ4v) is 3.74. The van der Waals surface area contributed by atoms with Crippen molar-refractivity contribution < 1.29 is 27.5 Å². The van der Waals surface area contributed by atoms with Crippen LogP contribution >= 0.6 is 0 Å². The second-order valence-corrected chi connectivity index (χ2v) is 6.72. The third kappa shape index (κ3) is 3.27. The first-order chi connectivity index (χ1) is 13.4. The minimum absolute atomic E-state index is 0.135. The Labute approximate surface area is 157 Å². The zero-order chi connectivity index (χ0) is 19.8. The molecule has 1 aliphatic heterocycles. The van der Waals surface area contributed by atoms with Crippen molar-refractivity contribution in [3.8, 4) is 11.5 Å². The van der Waals surface area contributed by atoms with Crippen LogP contribution in [0.25, 0.3) is 11.5 Å². The summed E-state index contributed by atoms with van der Waals surface area (Å²) in [6, 6.07) is 1.21. The molecule has 2 N–H and O–H groups in total. The van der Waals surface area contributed by atoms with E-state index in [1.54, 1.807) is 4.90 Å². The van der Waals surface area contributed by atoms with Crippen LogP contribution in [0.15, 0.2) is 16.7 Å². The lowest BCUT2D eigenvalue weighted by Gasteiger charge is -2.36. The molecule has 2 aliphatic rings. The molecular weight excluding hydrogens is 376 g/mol. The predicted molar refractivity (Wildman–Crippen MR) is 89.1 cm³/mol. The molecular formula is C17H17F2N5O4. The Bertz CT molecular complexity index is 919. The van der Waals surface area contributed by atoms with E-state index in [4.69, 9.17) is 14.9 Å². The standard InChI is InChI=1S/C17H17F2N5O4/c18-13(19)15-23-22-14(28-15)8-5-9-10(21-6-8)7-24(16(9)25)11-3-1-2-4-12(11)27-17(20)26/h5-6,11-13H,1-4,7H2,(H2,20,26)/t11-,12-/m1/s1. The van der Waals surface area contributed by atoms with Gasteiger partial charge >= 0.3 is 12.5 Å². The topological polar surface area (TPSA) is 124 Å². The van der Waals surface area contributed by atoms with Crippen LogP contribution in [-0.4, -0.2) is 44.2 Å². The number of pyridine rings is 1. The largest absolute Gasteiger partial charge is 0.444 e. The molecule has 28 heavy (non-hydrogen) atoms. The molecule has 0 aromatic carbocycles. The molecule has 2 amide bonds. The fourth-order valence-electron chi connectivity index (χ4n) is 3.74. The molecule has 1 fully saturated rings. The first-order valence-electron chi connectivity index (χ1n) is 8.82. The van der Waals surface area contributed by atoms with Crippen molar-refractivity contribution in [2.75, 3.05) is 0 Å². The molecule has 0 bridgehead atoms. The van der Waals surface area contributed by atoms with Crippen LogP contribution in [0.3, 0.4) is 0 Å². The van der Waals surface area contributed by atoms with Crippen LogP contribution in [0, 0.1) is 0 Å². The Hall–Kier alpha value is -3.11. The van der Waals surface area contributed by atoms with Gasteiger partial charge < -0.3 is 19.8 Å². The molecule has 2 aromatic rings. The normalized spacial score (nSPS) is 21.8. The Balaban J connectivity index is 1.58. The van der Waals surface area contributed by atoms with E-state index in [-0.39, 0.29) is 29.9 Å². The molecule has 9 nitrogen and oxygen atoms in total. The van der Waals surface area contributed by atoms with Crippen LogP contribution in [0.5, 0.6) is 0 Å². The minimum atomic E-state index is -2.88. The lowest BCUT2D eigenvalue weighted by atomic mass is 9.91. The first kappa shape index (κ1) is 18.3. The second-order valence-electron chi connectivity index (χ2n) is 6.72. The summed E-state index contributed by atoms with van der Waals surface area (Å²) in [5.41, 5.74) is 6.31. The zero-order valence-electron chi connectivity index (χ0n) is 14.7. The lowest BCUT2D eigenvalue weighted by Crippen LogP contribution is -2.48. The van der Waals surface area contributed by atoms with E-state index in [9.17, 15) is 18.4 Å². The quantitative estimate of drug-likeness (QED) is 0.846. The summed E-state index contributed by atoms with van der Waals surface area (Å²) >= 11 is 0. The summed E-state index contributed by atoms with van der Waals surface area (Å²) in [4.78, 5) is 30.0. The molecule has 0 unspecified atom stereocenters. The third-order valence-corrected chi connectivity index (χ3v) is 4.99. The van der Waals surface area contributed by atoms with Crippen LogP contribution < -0.4 is 5.73 Å². The first-order valence-corrected chi connectivity index (χ1v) is 8.82. The second kappa shape index (κ2) is 7.13. The van der Waals surface area contributed by atoms with Gasteiger partial charge in [0, 0.05) is 6.20 Å². The van der Waals surface area contributed by atoms with Crippen LogP contribution in [0.1, 0.15) is 54.1 Å². The Morgan fingerprint density at radius 2 is 2.11 bits per heavy atom. The molecule has 2 atom stereocenters. The van der Waals surface area contributed by atoms with Gasteiger partial charge in [-0.25, -0.2) is 4.79 Å². The summed E-state index contributed by atoms with van der Waals surface area (Å²) < 4.78 is 35.4. The van der Waals surface area contributed by atoms with E-state index < -0.39 is 24.5 Å². The van der Waals surface area contributed by atoms with Gasteiger partial charge in [0.25, 0.3) is 11.8 Å². The average Bonchev–Trinajstić information content (AvgIpc) is 3.27. The summed E-state index contributed by atoms with van der Waals surface area (Å²) in [5, 5.41) is 6.86. The van der Waals surface area contributed by atoms with Gasteiger partial charge in [-0.1, -0.05) is 6.42 Å². The molecule has 148 valence electrons. The van der Waals surface area contributed by atoms with Crippen molar-refractivity contribution >= 4 is 12.0 Å². The van der Waals surface area contributed by atoms with Crippen molar-refractivity contribution in [3.05, 3.63) is 29.4 Å². The van der Waals surface area contributed by atoms with E-state index in [0.717, 1.165) is 12.8 Å². The zero-order valence-corrected chi connectivity index (χ0v) is 14.7. The van der Waals surface area contributed by atoms with Crippen molar-refractivity contribution in [2.45, 2.75) is 50.8 Å². The third-order valence-electron chi connectivity index (χ3n) is 4.99. The number of carbonyl (C=O) groups is 2. The lowest BCUT2D eigenvalue weighted by molar-refractivity contribution is 0.00866. The Kier molecular flexibility index (Phi) is 4.65. The number of carbonyl (C=O) groups excluding carboxylic acids is 2. The fraction of sp³-hybridized carbons (Fsp3) is 0.471. The summed E-state index contributed by atoms with van der Waals surface area (Å²) in [6.45, 7) is 0.268. The van der Waals surface area contributed by atoms with Gasteiger partial charge in [-0.15, -0.1) is 10.2 Å². The van der Waals surface area contributed by atoms with E-state index in [1.807, 2.05) is 0 Å². The maximum Gasteiger partial charge on any atom is 0.404 e. The number of halogens is 2. The maximum atomic E-state index is 13.0. The van der Waals surface area contributed by atoms with Gasteiger partial charge in [0.05, 0.1) is 29.4 Å². The van der Waals surface area contributed by atoms with Crippen molar-refractivity contribution in [1.82, 2.24) is 20.1 Å². The molecule has 3 heterocycles. The molecule has 2 aromatic heterocycles. The number of rotatable bonds is 4. The number of nitrogens with two attached hydrogens (primary N) is 1. The number of fused-ring (bicyclic) bond motifs is 1. The average molecular weight is 393 g/mol. The summed E-state index contributed by atoms with van der Waals surface area (Å²) in [7, 11) is 0. The van der Waals surface area contributed by atoms with Crippen molar-refractivity contribution in [1.29, 1.82) is 0 Å². The monoisotopic (exact) mass is 393 g/mol. The van der Waals surface area contributed by atoms with Gasteiger partial charge in [-0.05, 0) is 25.3 Å². The van der Waals surface area contributed by atoms with Gasteiger partial charge in [0.15, 0.2) is 0 Å². The van der Waals surface area contributed by atoms with E-state index in [1.165, 1.54) is 12.3 Å². The molecule has 0 saturated heterocycles. The van der Waals surface area contributed by atoms with Crippen molar-refractivity contribution in [2.24, 2.45) is 5.73 Å². The molecule has 1 aliphatic carbocycles. The highest BCUT2D eigenvalue weighted by molar-refractivity contribution is 5.99. The Morgan fingerprint density at radius 3 is 2.82 bits per heavy atom. The van der Waals surface area contributed by atoms with Gasteiger partial charge in [-0.2, -0.15) is 8.78 Å². The Morgan fingerprint density at radius 1 is 1.32 bits per heavy atom. The van der Waals surface area contributed by atoms with Crippen LogP contribution in [0.2, 0.25) is 0 Å². The molecule has 11 heteroatoms. The summed E-state index contributed by atoms with van der Waals surface area (Å²) in [6.07, 6.45) is 0.291. The highest BCUT2D eigenvalue weighted by Crippen LogP contribution is 2.33. The van der Waals surface area contributed by atoms with E-state index >= 15 is 0 Å². The molecule has 0 spiro atoms. The van der Waals surface area contributed by atoms with Crippen LogP contribution in [0.4, 0.5) is 13.6 Å². The number of primary amides is 1. The highest BCUT2D eigenvalue weighted by Gasteiger charge is 2.40. The van der Waals surface area contributed by atoms with Crippen molar-refractivity contribution in [3.63, 3.8) is 0 Å². The summed E-state index contributed by atoms with van der Waals surface area (Å²) in [5.74, 6) is -1.20. The van der Waals surface area contributed by atoms with E-state index in [2.05, 4.69) is 15.2 Å². The number of aromatic nitrogens is 3. The highest BCUT2D eigenvalue weighted by atomic mass is 19.3. The number of hydrogen-bond acceptors (Lipinski definition) is 7. The SMILES string of the molecule is NC(=O)O[C@@H]1CCCC[C@H]1N1Cc2ncc(-c3nnc(C(F)F)o3)cc2C1=O. The number of alkyl halides is 2. The predicted octanol–water partition coefficient (Wildman–Crippen LogP) is 2.43. The maximum absolute atomic E-state index is 13.0. The molecule has 4 rings (SSSR count). The minimum Gasteiger partial charge on any atom is -0.444 e. The number of ether oxygens (including phenoxy) is 1. The smallest absolute Gasteiger partial charge is 0.404 e. The van der Waals surface area contributed by atoms with Gasteiger partial charge in [0.1, 0.15) is 6.10 Å². The van der Waals surface area contributed by atoms with Gasteiger partial charge in [-0.3, -0.25) is 9.78 Å². The van der Waals surface area contributed by atoms with Crippen LogP contribution in [-0.2, 0) is 11.3 Å². The number of nitrogens with zero attached hydrogens (tertiary/aromatic N) is 4.